The molecule has 0 aliphatic rings. The summed E-state index contributed by atoms with van der Waals surface area (Å²) in [6.45, 7) is 7.89. The maximum Gasteiger partial charge on any atom is 1.00 e. The Labute approximate surface area is 342 Å². The Morgan fingerprint density at radius 2 is 0.837 bits per heavy atom. The van der Waals surface area contributed by atoms with Crippen molar-refractivity contribution in [1.82, 2.24) is 0 Å². The topological polar surface area (TPSA) is 110 Å². The predicted octanol–water partition coefficient (Wildman–Crippen LogP) is 8.42. The average molecular weight is 729 g/mol. The first kappa shape index (κ1) is 48.2. The summed E-state index contributed by atoms with van der Waals surface area (Å²) in [5.74, 6) is -1.56. The molecule has 9 heteroatoms. The molecule has 0 N–H and O–H groups in total. The maximum absolute atomic E-state index is 12.9. The van der Waals surface area contributed by atoms with Crippen LogP contribution in [0, 0.1) is 0 Å². The van der Waals surface area contributed by atoms with Crippen LogP contribution in [0.25, 0.3) is 0 Å². The molecule has 0 atom stereocenters. The maximum atomic E-state index is 12.9. The first-order valence-corrected chi connectivity index (χ1v) is 20.4. The fourth-order valence-electron chi connectivity index (χ4n) is 5.83. The van der Waals surface area contributed by atoms with E-state index in [1.807, 2.05) is 12.2 Å². The van der Waals surface area contributed by atoms with Gasteiger partial charge in [-0.25, -0.2) is 18.0 Å². The Hall–Kier alpha value is -0.814. The summed E-state index contributed by atoms with van der Waals surface area (Å²) >= 11 is 0. The molecule has 49 heavy (non-hydrogen) atoms. The van der Waals surface area contributed by atoms with Gasteiger partial charge in [-0.3, -0.25) is 0 Å². The molecule has 0 aliphatic carbocycles. The minimum atomic E-state index is -4.81. The number of carbonyl (C=O) groups is 2. The standard InChI is InChI=1S/C40H66O7S.K/c1-3-5-7-9-11-13-15-17-19-21-23-25-27-29-33-46-39(41)37-32-31-36(48(43,44)45)35-38(37)40(42)47-34-30-28-26-24-22-20-18-16-14-12-10-8-6-4-2;/h3-4,31-32,35H,1-2,5-30,33-34H2,(H,43,44,45);/q;+1/p-1. The number of unbranched alkanes of at least 4 members (excludes halogenated alkanes) is 24. The van der Waals surface area contributed by atoms with Crippen molar-refractivity contribution in [3.05, 3.63) is 54.6 Å². The van der Waals surface area contributed by atoms with Crippen LogP contribution in [0.5, 0.6) is 0 Å². The van der Waals surface area contributed by atoms with Crippen molar-refractivity contribution in [2.45, 2.75) is 172 Å². The third kappa shape index (κ3) is 26.6. The number of ether oxygens (including phenoxy) is 2. The van der Waals surface area contributed by atoms with E-state index >= 15 is 0 Å². The van der Waals surface area contributed by atoms with Gasteiger partial charge in [0, 0.05) is 0 Å². The first-order valence-electron chi connectivity index (χ1n) is 19.0. The van der Waals surface area contributed by atoms with Crippen LogP contribution >= 0.6 is 0 Å². The molecule has 0 saturated carbocycles. The quantitative estimate of drug-likeness (QED) is 0.0235. The SMILES string of the molecule is C=CCCCCCCCCCCCCCCOC(=O)c1ccc(S(=O)(=O)[O-])cc1C(=O)OCCCCCCCCCCCCCCC=C.[K+]. The summed E-state index contributed by atoms with van der Waals surface area (Å²) in [5, 5.41) is 0. The molecule has 0 heterocycles. The van der Waals surface area contributed by atoms with Gasteiger partial charge in [0.1, 0.15) is 10.1 Å². The van der Waals surface area contributed by atoms with Gasteiger partial charge in [0.15, 0.2) is 0 Å². The summed E-state index contributed by atoms with van der Waals surface area (Å²) in [7, 11) is -4.81. The van der Waals surface area contributed by atoms with Crippen LogP contribution in [0.1, 0.15) is 188 Å². The minimum Gasteiger partial charge on any atom is -0.744 e. The number of hydrogen-bond acceptors (Lipinski definition) is 7. The van der Waals surface area contributed by atoms with E-state index in [4.69, 9.17) is 9.47 Å². The van der Waals surface area contributed by atoms with Crippen LogP contribution < -0.4 is 51.4 Å². The zero-order chi connectivity index (χ0) is 35.1. The van der Waals surface area contributed by atoms with Crippen LogP contribution in [-0.2, 0) is 19.6 Å². The van der Waals surface area contributed by atoms with Crippen molar-refractivity contribution in [2.24, 2.45) is 0 Å². The van der Waals surface area contributed by atoms with Gasteiger partial charge >= 0.3 is 63.3 Å². The Bertz CT molecular complexity index is 1120. The van der Waals surface area contributed by atoms with E-state index in [-0.39, 0.29) is 75.7 Å². The zero-order valence-corrected chi connectivity index (χ0v) is 34.8. The number of benzene rings is 1. The van der Waals surface area contributed by atoms with E-state index < -0.39 is 27.0 Å². The van der Waals surface area contributed by atoms with E-state index in [1.165, 1.54) is 103 Å². The number of carbonyl (C=O) groups excluding carboxylic acids is 2. The number of hydrogen-bond donors (Lipinski definition) is 0. The molecule has 0 saturated heterocycles. The fraction of sp³-hybridized carbons (Fsp3) is 0.700. The second-order valence-electron chi connectivity index (χ2n) is 13.1. The van der Waals surface area contributed by atoms with Gasteiger partial charge in [0.25, 0.3) is 0 Å². The summed E-state index contributed by atoms with van der Waals surface area (Å²) in [4.78, 5) is 25.1. The van der Waals surface area contributed by atoms with Gasteiger partial charge in [0.05, 0.1) is 29.2 Å². The van der Waals surface area contributed by atoms with E-state index in [9.17, 15) is 22.6 Å². The van der Waals surface area contributed by atoms with Gasteiger partial charge in [-0.2, -0.15) is 0 Å². The number of rotatable bonds is 33. The van der Waals surface area contributed by atoms with Gasteiger partial charge < -0.3 is 14.0 Å². The smallest absolute Gasteiger partial charge is 0.744 e. The summed E-state index contributed by atoms with van der Waals surface area (Å²) in [5.41, 5.74) is -0.348. The molecule has 1 aromatic rings. The predicted molar refractivity (Wildman–Crippen MR) is 195 cm³/mol. The van der Waals surface area contributed by atoms with Crippen molar-refractivity contribution in [1.29, 1.82) is 0 Å². The Morgan fingerprint density at radius 3 is 1.16 bits per heavy atom. The molecular weight excluding hydrogens is 664 g/mol. The van der Waals surface area contributed by atoms with Crippen molar-refractivity contribution >= 4 is 22.1 Å². The van der Waals surface area contributed by atoms with Crippen LogP contribution in [0.15, 0.2) is 48.4 Å². The summed E-state index contributed by atoms with van der Waals surface area (Å²) in [6, 6.07) is 3.11. The van der Waals surface area contributed by atoms with E-state index in [2.05, 4.69) is 13.2 Å². The third-order valence-electron chi connectivity index (χ3n) is 8.79. The minimum absolute atomic E-state index is 0. The van der Waals surface area contributed by atoms with Crippen LogP contribution in [0.3, 0.4) is 0 Å². The zero-order valence-electron chi connectivity index (χ0n) is 30.9. The second kappa shape index (κ2) is 33.1. The molecule has 7 nitrogen and oxygen atoms in total. The van der Waals surface area contributed by atoms with Crippen molar-refractivity contribution in [2.75, 3.05) is 13.2 Å². The van der Waals surface area contributed by atoms with Crippen LogP contribution in [0.4, 0.5) is 0 Å². The first-order chi connectivity index (χ1) is 23.3. The van der Waals surface area contributed by atoms with Crippen molar-refractivity contribution in [3.63, 3.8) is 0 Å². The Balaban J connectivity index is 0.0000230. The average Bonchev–Trinajstić information content (AvgIpc) is 3.07. The van der Waals surface area contributed by atoms with Crippen LogP contribution in [-0.4, -0.2) is 38.1 Å². The largest absolute Gasteiger partial charge is 1.00 e. The molecule has 274 valence electrons. The number of esters is 2. The molecule has 0 radical (unpaired) electrons. The summed E-state index contributed by atoms with van der Waals surface area (Å²) < 4.78 is 45.6. The Kier molecular flexibility index (Phi) is 32.5. The van der Waals surface area contributed by atoms with Crippen molar-refractivity contribution in [3.8, 4) is 0 Å². The van der Waals surface area contributed by atoms with E-state index in [0.29, 0.717) is 12.8 Å². The molecule has 1 aromatic carbocycles. The van der Waals surface area contributed by atoms with Crippen molar-refractivity contribution < 1.29 is 83.4 Å². The molecule has 0 bridgehead atoms. The van der Waals surface area contributed by atoms with Gasteiger partial charge in [-0.05, 0) is 56.7 Å². The number of allylic oxidation sites excluding steroid dienone is 2. The monoisotopic (exact) mass is 728 g/mol. The normalized spacial score (nSPS) is 11.1. The van der Waals surface area contributed by atoms with Crippen LogP contribution in [0.2, 0.25) is 0 Å². The molecule has 0 fully saturated rings. The van der Waals surface area contributed by atoms with E-state index in [0.717, 1.165) is 69.6 Å². The molecule has 0 amide bonds. The molecule has 0 spiro atoms. The molecule has 1 rings (SSSR count). The second-order valence-corrected chi connectivity index (χ2v) is 14.5. The van der Waals surface area contributed by atoms with E-state index in [1.54, 1.807) is 0 Å². The third-order valence-corrected chi connectivity index (χ3v) is 9.62. The Morgan fingerprint density at radius 1 is 0.531 bits per heavy atom. The molecule has 0 unspecified atom stereocenters. The van der Waals surface area contributed by atoms with Gasteiger partial charge in [-0.15, -0.1) is 13.2 Å². The fourth-order valence-corrected chi connectivity index (χ4v) is 6.32. The van der Waals surface area contributed by atoms with Gasteiger partial charge in [-0.1, -0.05) is 141 Å². The molecular formula is C40H65KO7S. The summed E-state index contributed by atoms with van der Waals surface area (Å²) in [6.07, 6.45) is 34.3. The molecule has 0 aromatic heterocycles. The molecule has 0 aliphatic heterocycles. The van der Waals surface area contributed by atoms with Gasteiger partial charge in [0.2, 0.25) is 0 Å².